The molecular formula is C10H15NS. The lowest BCUT2D eigenvalue weighted by atomic mass is 9.73. The van der Waals surface area contributed by atoms with Crippen molar-refractivity contribution in [3.05, 3.63) is 21.4 Å². The van der Waals surface area contributed by atoms with E-state index in [-0.39, 0.29) is 5.54 Å². The molecule has 0 aromatic carbocycles. The third-order valence-corrected chi connectivity index (χ3v) is 3.79. The van der Waals surface area contributed by atoms with Gasteiger partial charge in [-0.05, 0) is 44.7 Å². The molecule has 1 heterocycles. The maximum Gasteiger partial charge on any atom is 0.0420 e. The van der Waals surface area contributed by atoms with Crippen LogP contribution in [0.5, 0.6) is 0 Å². The molecule has 1 aromatic rings. The minimum absolute atomic E-state index is 0.0366. The molecular weight excluding hydrogens is 166 g/mol. The largest absolute Gasteiger partial charge is 0.321 e. The van der Waals surface area contributed by atoms with Gasteiger partial charge in [-0.15, -0.1) is 11.3 Å². The molecule has 12 heavy (non-hydrogen) atoms. The van der Waals surface area contributed by atoms with Gasteiger partial charge < -0.3 is 5.73 Å². The highest BCUT2D eigenvalue weighted by atomic mass is 32.1. The fourth-order valence-corrected chi connectivity index (χ4v) is 2.98. The average Bonchev–Trinajstić information content (AvgIpc) is 2.25. The molecule has 0 radical (unpaired) electrons. The third-order valence-electron chi connectivity index (χ3n) is 2.82. The average molecular weight is 181 g/mol. The summed E-state index contributed by atoms with van der Waals surface area (Å²) >= 11 is 1.87. The van der Waals surface area contributed by atoms with Crippen molar-refractivity contribution in [3.63, 3.8) is 0 Å². The number of rotatable bonds is 1. The highest BCUT2D eigenvalue weighted by Crippen LogP contribution is 2.42. The van der Waals surface area contributed by atoms with E-state index in [9.17, 15) is 0 Å². The summed E-state index contributed by atoms with van der Waals surface area (Å²) in [5, 5.41) is 0. The lowest BCUT2D eigenvalue weighted by molar-refractivity contribution is 0.253. The van der Waals surface area contributed by atoms with Crippen LogP contribution in [0, 0.1) is 13.8 Å². The Balaban J connectivity index is 2.38. The Morgan fingerprint density at radius 1 is 1.42 bits per heavy atom. The van der Waals surface area contributed by atoms with Crippen LogP contribution in [-0.2, 0) is 5.54 Å². The van der Waals surface area contributed by atoms with Gasteiger partial charge in [0.05, 0.1) is 0 Å². The Labute approximate surface area is 77.6 Å². The number of aryl methyl sites for hydroxylation is 2. The SMILES string of the molecule is Cc1cc(C2(N)CCC2)c(C)s1. The highest BCUT2D eigenvalue weighted by molar-refractivity contribution is 7.12. The maximum absolute atomic E-state index is 6.24. The second kappa shape index (κ2) is 2.57. The molecule has 0 amide bonds. The summed E-state index contributed by atoms with van der Waals surface area (Å²) in [5.74, 6) is 0. The van der Waals surface area contributed by atoms with E-state index in [1.54, 1.807) is 0 Å². The first-order valence-electron chi connectivity index (χ1n) is 4.48. The van der Waals surface area contributed by atoms with Crippen molar-refractivity contribution in [2.75, 3.05) is 0 Å². The molecule has 1 aliphatic rings. The fraction of sp³-hybridized carbons (Fsp3) is 0.600. The molecule has 2 rings (SSSR count). The maximum atomic E-state index is 6.24. The Kier molecular flexibility index (Phi) is 1.77. The standard InChI is InChI=1S/C10H15NS/c1-7-6-9(8(2)12-7)10(11)4-3-5-10/h6H,3-5,11H2,1-2H3. The Bertz CT molecular complexity index is 297. The summed E-state index contributed by atoms with van der Waals surface area (Å²) in [5.41, 5.74) is 7.68. The quantitative estimate of drug-likeness (QED) is 0.708. The summed E-state index contributed by atoms with van der Waals surface area (Å²) < 4.78 is 0. The molecule has 1 saturated carbocycles. The summed E-state index contributed by atoms with van der Waals surface area (Å²) in [6.45, 7) is 4.34. The van der Waals surface area contributed by atoms with E-state index < -0.39 is 0 Å². The molecule has 2 N–H and O–H groups in total. The lowest BCUT2D eigenvalue weighted by Crippen LogP contribution is -2.43. The van der Waals surface area contributed by atoms with E-state index in [1.807, 2.05) is 11.3 Å². The molecule has 0 saturated heterocycles. The van der Waals surface area contributed by atoms with Crippen LogP contribution in [0.4, 0.5) is 0 Å². The molecule has 0 bridgehead atoms. The summed E-state index contributed by atoms with van der Waals surface area (Å²) in [4.78, 5) is 2.80. The second-order valence-corrected chi connectivity index (χ2v) is 5.30. The van der Waals surface area contributed by atoms with E-state index in [4.69, 9.17) is 5.73 Å². The monoisotopic (exact) mass is 181 g/mol. The van der Waals surface area contributed by atoms with Crippen molar-refractivity contribution in [2.24, 2.45) is 5.73 Å². The van der Waals surface area contributed by atoms with E-state index in [1.165, 1.54) is 34.6 Å². The summed E-state index contributed by atoms with van der Waals surface area (Å²) in [7, 11) is 0. The van der Waals surface area contributed by atoms with Crippen molar-refractivity contribution < 1.29 is 0 Å². The van der Waals surface area contributed by atoms with Crippen molar-refractivity contribution in [1.29, 1.82) is 0 Å². The molecule has 1 nitrogen and oxygen atoms in total. The van der Waals surface area contributed by atoms with Gasteiger partial charge in [0.2, 0.25) is 0 Å². The van der Waals surface area contributed by atoms with E-state index in [0.717, 1.165) is 0 Å². The predicted octanol–water partition coefficient (Wildman–Crippen LogP) is 2.70. The van der Waals surface area contributed by atoms with Crippen molar-refractivity contribution in [3.8, 4) is 0 Å². The van der Waals surface area contributed by atoms with Crippen LogP contribution in [0.3, 0.4) is 0 Å². The van der Waals surface area contributed by atoms with Crippen LogP contribution in [-0.4, -0.2) is 0 Å². The van der Waals surface area contributed by atoms with E-state index in [0.29, 0.717) is 0 Å². The smallest absolute Gasteiger partial charge is 0.0420 e. The topological polar surface area (TPSA) is 26.0 Å². The first-order chi connectivity index (χ1) is 5.62. The van der Waals surface area contributed by atoms with Gasteiger partial charge in [-0.25, -0.2) is 0 Å². The van der Waals surface area contributed by atoms with Crippen LogP contribution in [0.1, 0.15) is 34.6 Å². The van der Waals surface area contributed by atoms with Gasteiger partial charge >= 0.3 is 0 Å². The molecule has 0 aliphatic heterocycles. The molecule has 0 atom stereocenters. The number of hydrogen-bond acceptors (Lipinski definition) is 2. The van der Waals surface area contributed by atoms with Crippen LogP contribution in [0.2, 0.25) is 0 Å². The van der Waals surface area contributed by atoms with Crippen molar-refractivity contribution in [1.82, 2.24) is 0 Å². The van der Waals surface area contributed by atoms with Crippen LogP contribution in [0.15, 0.2) is 6.07 Å². The molecule has 2 heteroatoms. The van der Waals surface area contributed by atoms with Gasteiger partial charge in [-0.2, -0.15) is 0 Å². The van der Waals surface area contributed by atoms with Crippen LogP contribution < -0.4 is 5.73 Å². The van der Waals surface area contributed by atoms with Gasteiger partial charge in [-0.3, -0.25) is 0 Å². The van der Waals surface area contributed by atoms with Crippen LogP contribution >= 0.6 is 11.3 Å². The Morgan fingerprint density at radius 3 is 2.42 bits per heavy atom. The van der Waals surface area contributed by atoms with E-state index >= 15 is 0 Å². The molecule has 0 unspecified atom stereocenters. The zero-order valence-electron chi connectivity index (χ0n) is 7.68. The second-order valence-electron chi connectivity index (χ2n) is 3.84. The molecule has 1 fully saturated rings. The van der Waals surface area contributed by atoms with Gasteiger partial charge in [0.1, 0.15) is 0 Å². The number of hydrogen-bond donors (Lipinski definition) is 1. The first-order valence-corrected chi connectivity index (χ1v) is 5.30. The zero-order valence-corrected chi connectivity index (χ0v) is 8.50. The Hall–Kier alpha value is -0.340. The van der Waals surface area contributed by atoms with Gasteiger partial charge in [0.15, 0.2) is 0 Å². The summed E-state index contributed by atoms with van der Waals surface area (Å²) in [6, 6.07) is 2.26. The first kappa shape index (κ1) is 8.27. The molecule has 1 aliphatic carbocycles. The Morgan fingerprint density at radius 2 is 2.08 bits per heavy atom. The van der Waals surface area contributed by atoms with Gasteiger partial charge in [-0.1, -0.05) is 0 Å². The van der Waals surface area contributed by atoms with Gasteiger partial charge in [0, 0.05) is 15.3 Å². The van der Waals surface area contributed by atoms with Crippen LogP contribution in [0.25, 0.3) is 0 Å². The molecule has 1 aromatic heterocycles. The minimum atomic E-state index is 0.0366. The highest BCUT2D eigenvalue weighted by Gasteiger charge is 2.36. The fourth-order valence-electron chi connectivity index (χ4n) is 1.95. The third kappa shape index (κ3) is 1.10. The van der Waals surface area contributed by atoms with E-state index in [2.05, 4.69) is 19.9 Å². The normalized spacial score (nSPS) is 20.6. The van der Waals surface area contributed by atoms with Gasteiger partial charge in [0.25, 0.3) is 0 Å². The minimum Gasteiger partial charge on any atom is -0.321 e. The number of nitrogens with two attached hydrogens (primary N) is 1. The van der Waals surface area contributed by atoms with Crippen molar-refractivity contribution in [2.45, 2.75) is 38.6 Å². The molecule has 0 spiro atoms. The summed E-state index contributed by atoms with van der Waals surface area (Å²) in [6.07, 6.45) is 3.64. The lowest BCUT2D eigenvalue weighted by Gasteiger charge is -2.38. The number of thiophene rings is 1. The zero-order chi connectivity index (χ0) is 8.77. The van der Waals surface area contributed by atoms with Crippen molar-refractivity contribution >= 4 is 11.3 Å². The molecule has 66 valence electrons. The predicted molar refractivity (Wildman–Crippen MR) is 53.5 cm³/mol.